The van der Waals surface area contributed by atoms with E-state index < -0.39 is 0 Å². The molecular formula is C14H23N3O. The molecule has 0 bridgehead atoms. The summed E-state index contributed by atoms with van der Waals surface area (Å²) < 4.78 is 5.97. The monoisotopic (exact) mass is 249 g/mol. The third kappa shape index (κ3) is 2.57. The molecule has 100 valence electrons. The number of nitrogens with one attached hydrogen (secondary N) is 1. The van der Waals surface area contributed by atoms with E-state index in [1.807, 2.05) is 14.0 Å². The normalized spacial score (nSPS) is 16.3. The van der Waals surface area contributed by atoms with Gasteiger partial charge in [0.2, 0.25) is 5.88 Å². The second-order valence-corrected chi connectivity index (χ2v) is 6.00. The van der Waals surface area contributed by atoms with Crippen LogP contribution in [0.15, 0.2) is 0 Å². The molecule has 0 radical (unpaired) electrons. The maximum Gasteiger partial charge on any atom is 0.222 e. The highest BCUT2D eigenvalue weighted by Gasteiger charge is 2.25. The van der Waals surface area contributed by atoms with Crippen molar-refractivity contribution in [2.45, 2.75) is 58.5 Å². The van der Waals surface area contributed by atoms with E-state index in [4.69, 9.17) is 4.74 Å². The zero-order valence-corrected chi connectivity index (χ0v) is 12.0. The highest BCUT2D eigenvalue weighted by molar-refractivity contribution is 5.48. The molecule has 1 aromatic rings. The van der Waals surface area contributed by atoms with E-state index in [0.29, 0.717) is 6.10 Å². The van der Waals surface area contributed by atoms with Gasteiger partial charge in [0, 0.05) is 12.5 Å². The highest BCUT2D eigenvalue weighted by Crippen LogP contribution is 2.31. The Bertz CT molecular complexity index is 433. The summed E-state index contributed by atoms with van der Waals surface area (Å²) in [6.45, 7) is 8.35. The first-order valence-corrected chi connectivity index (χ1v) is 6.65. The van der Waals surface area contributed by atoms with Crippen LogP contribution < -0.4 is 10.1 Å². The van der Waals surface area contributed by atoms with Gasteiger partial charge in [-0.2, -0.15) is 4.98 Å². The van der Waals surface area contributed by atoms with Crippen LogP contribution in [0.1, 0.15) is 51.4 Å². The molecule has 1 aliphatic carbocycles. The van der Waals surface area contributed by atoms with Gasteiger partial charge in [-0.1, -0.05) is 20.8 Å². The third-order valence-corrected chi connectivity index (χ3v) is 3.34. The quantitative estimate of drug-likeness (QED) is 0.894. The average molecular weight is 249 g/mol. The fourth-order valence-corrected chi connectivity index (χ4v) is 1.84. The highest BCUT2D eigenvalue weighted by atomic mass is 16.5. The molecule has 18 heavy (non-hydrogen) atoms. The fraction of sp³-hybridized carbons (Fsp3) is 0.714. The first kappa shape index (κ1) is 13.1. The number of aromatic nitrogens is 2. The lowest BCUT2D eigenvalue weighted by molar-refractivity contribution is 0.113. The molecule has 1 saturated carbocycles. The Kier molecular flexibility index (Phi) is 3.46. The first-order valence-electron chi connectivity index (χ1n) is 6.65. The molecular weight excluding hydrogens is 226 g/mol. The summed E-state index contributed by atoms with van der Waals surface area (Å²) in [5.74, 6) is 2.43. The minimum absolute atomic E-state index is 0.0724. The molecule has 4 nitrogen and oxygen atoms in total. The van der Waals surface area contributed by atoms with E-state index in [-0.39, 0.29) is 5.41 Å². The van der Waals surface area contributed by atoms with Crippen LogP contribution in [-0.2, 0) is 5.41 Å². The molecule has 1 aromatic heterocycles. The van der Waals surface area contributed by atoms with Crippen LogP contribution in [0.3, 0.4) is 0 Å². The van der Waals surface area contributed by atoms with Crippen molar-refractivity contribution in [1.82, 2.24) is 9.97 Å². The topological polar surface area (TPSA) is 47.0 Å². The van der Waals surface area contributed by atoms with Crippen molar-refractivity contribution in [2.75, 3.05) is 12.4 Å². The van der Waals surface area contributed by atoms with Gasteiger partial charge in [0.05, 0.1) is 5.56 Å². The predicted octanol–water partition coefficient (Wildman–Crippen LogP) is 3.06. The van der Waals surface area contributed by atoms with Gasteiger partial charge < -0.3 is 10.1 Å². The second-order valence-electron chi connectivity index (χ2n) is 6.00. The minimum atomic E-state index is -0.0724. The van der Waals surface area contributed by atoms with Crippen LogP contribution in [0.25, 0.3) is 0 Å². The van der Waals surface area contributed by atoms with Crippen LogP contribution in [0.5, 0.6) is 5.88 Å². The summed E-state index contributed by atoms with van der Waals surface area (Å²) in [5, 5.41) is 3.13. The van der Waals surface area contributed by atoms with Crippen molar-refractivity contribution < 1.29 is 4.74 Å². The lowest BCUT2D eigenvalue weighted by Crippen LogP contribution is -2.27. The number of nitrogens with zero attached hydrogens (tertiary/aromatic N) is 2. The summed E-state index contributed by atoms with van der Waals surface area (Å²) in [6, 6.07) is 0. The van der Waals surface area contributed by atoms with Crippen LogP contribution in [0.4, 0.5) is 5.82 Å². The second kappa shape index (κ2) is 4.75. The van der Waals surface area contributed by atoms with E-state index in [2.05, 4.69) is 36.1 Å². The van der Waals surface area contributed by atoms with Gasteiger partial charge in [-0.25, -0.2) is 4.98 Å². The summed E-state index contributed by atoms with van der Waals surface area (Å²) in [4.78, 5) is 9.17. The summed E-state index contributed by atoms with van der Waals surface area (Å²) in [5.41, 5.74) is 0.925. The Hall–Kier alpha value is -1.32. The maximum atomic E-state index is 5.97. The van der Waals surface area contributed by atoms with Crippen molar-refractivity contribution in [3.8, 4) is 5.88 Å². The zero-order valence-electron chi connectivity index (χ0n) is 12.0. The lowest BCUT2D eigenvalue weighted by atomic mass is 9.95. The van der Waals surface area contributed by atoms with Crippen LogP contribution in [0, 0.1) is 6.92 Å². The Morgan fingerprint density at radius 2 is 1.89 bits per heavy atom. The molecule has 0 atom stereocenters. The van der Waals surface area contributed by atoms with Gasteiger partial charge in [0.25, 0.3) is 0 Å². The van der Waals surface area contributed by atoms with E-state index in [0.717, 1.165) is 35.9 Å². The van der Waals surface area contributed by atoms with E-state index in [1.165, 1.54) is 6.42 Å². The molecule has 0 unspecified atom stereocenters. The molecule has 0 saturated heterocycles. The summed E-state index contributed by atoms with van der Waals surface area (Å²) in [7, 11) is 1.88. The third-order valence-electron chi connectivity index (χ3n) is 3.34. The SMILES string of the molecule is CNc1nc(C(C)(C)C)nc(OC2CCC2)c1C. The Morgan fingerprint density at radius 1 is 1.22 bits per heavy atom. The van der Waals surface area contributed by atoms with Crippen molar-refractivity contribution in [1.29, 1.82) is 0 Å². The molecule has 1 N–H and O–H groups in total. The van der Waals surface area contributed by atoms with Crippen molar-refractivity contribution in [3.63, 3.8) is 0 Å². The predicted molar refractivity (Wildman–Crippen MR) is 73.3 cm³/mol. The molecule has 0 spiro atoms. The number of anilines is 1. The molecule has 1 heterocycles. The molecule has 1 fully saturated rings. The molecule has 4 heteroatoms. The van der Waals surface area contributed by atoms with Crippen LogP contribution >= 0.6 is 0 Å². The fourth-order valence-electron chi connectivity index (χ4n) is 1.84. The van der Waals surface area contributed by atoms with Crippen molar-refractivity contribution >= 4 is 5.82 Å². The van der Waals surface area contributed by atoms with E-state index in [9.17, 15) is 0 Å². The van der Waals surface area contributed by atoms with Gasteiger partial charge in [-0.15, -0.1) is 0 Å². The van der Waals surface area contributed by atoms with Gasteiger partial charge in [-0.05, 0) is 26.2 Å². The zero-order chi connectivity index (χ0) is 13.3. The molecule has 0 amide bonds. The summed E-state index contributed by atoms with van der Waals surface area (Å²) >= 11 is 0. The van der Waals surface area contributed by atoms with Crippen molar-refractivity contribution in [3.05, 3.63) is 11.4 Å². The van der Waals surface area contributed by atoms with E-state index in [1.54, 1.807) is 0 Å². The van der Waals surface area contributed by atoms with Crippen molar-refractivity contribution in [2.24, 2.45) is 0 Å². The smallest absolute Gasteiger partial charge is 0.222 e. The lowest BCUT2D eigenvalue weighted by Gasteiger charge is -2.28. The van der Waals surface area contributed by atoms with Gasteiger partial charge >= 0.3 is 0 Å². The Labute approximate surface area is 109 Å². The number of hydrogen-bond donors (Lipinski definition) is 1. The molecule has 2 rings (SSSR count). The average Bonchev–Trinajstić information content (AvgIpc) is 2.23. The maximum absolute atomic E-state index is 5.97. The van der Waals surface area contributed by atoms with E-state index >= 15 is 0 Å². The number of rotatable bonds is 3. The molecule has 0 aromatic carbocycles. The molecule has 0 aliphatic heterocycles. The summed E-state index contributed by atoms with van der Waals surface area (Å²) in [6.07, 6.45) is 3.89. The van der Waals surface area contributed by atoms with Gasteiger partial charge in [0.15, 0.2) is 0 Å². The first-order chi connectivity index (χ1) is 8.41. The standard InChI is InChI=1S/C14H23N3O/c1-9-11(15-5)16-13(14(2,3)4)17-12(9)18-10-7-6-8-10/h10H,6-8H2,1-5H3,(H,15,16,17). The molecule has 1 aliphatic rings. The van der Waals surface area contributed by atoms with Gasteiger partial charge in [-0.3, -0.25) is 0 Å². The number of ether oxygens (including phenoxy) is 1. The van der Waals surface area contributed by atoms with Gasteiger partial charge in [0.1, 0.15) is 17.7 Å². The van der Waals surface area contributed by atoms with Crippen LogP contribution in [-0.4, -0.2) is 23.1 Å². The Morgan fingerprint density at radius 3 is 2.33 bits per heavy atom. The largest absolute Gasteiger partial charge is 0.474 e. The Balaban J connectivity index is 2.36. The minimum Gasteiger partial charge on any atom is -0.474 e. The number of hydrogen-bond acceptors (Lipinski definition) is 4. The van der Waals surface area contributed by atoms with Crippen LogP contribution in [0.2, 0.25) is 0 Å².